The summed E-state index contributed by atoms with van der Waals surface area (Å²) >= 11 is 0. The molecule has 2 saturated heterocycles. The van der Waals surface area contributed by atoms with E-state index < -0.39 is 0 Å². The average Bonchev–Trinajstić information content (AvgIpc) is 3.18. The molecule has 2 heterocycles. The molecule has 0 unspecified atom stereocenters. The Morgan fingerprint density at radius 2 is 1.83 bits per heavy atom. The van der Waals surface area contributed by atoms with Crippen molar-refractivity contribution in [1.29, 1.82) is 0 Å². The van der Waals surface area contributed by atoms with Gasteiger partial charge in [0, 0.05) is 43.6 Å². The first kappa shape index (κ1) is 19.7. The van der Waals surface area contributed by atoms with Crippen LogP contribution in [-0.2, 0) is 6.42 Å². The number of nitrogens with zero attached hydrogens (tertiary/aromatic N) is 2. The Bertz CT molecular complexity index is 835. The normalized spacial score (nSPS) is 17.6. The first-order valence-corrected chi connectivity index (χ1v) is 10.6. The number of carbonyl (C=O) groups excluding carboxylic acids is 1. The van der Waals surface area contributed by atoms with Gasteiger partial charge in [-0.15, -0.1) is 0 Å². The molecule has 4 rings (SSSR count). The predicted molar refractivity (Wildman–Crippen MR) is 115 cm³/mol. The number of halogens is 1. The largest absolute Gasteiger partial charge is 0.371 e. The Morgan fingerprint density at radius 1 is 1.03 bits per heavy atom. The highest BCUT2D eigenvalue weighted by Gasteiger charge is 2.23. The number of amides is 2. The number of piperidine rings is 1. The van der Waals surface area contributed by atoms with Gasteiger partial charge in [-0.1, -0.05) is 18.2 Å². The average molecular weight is 397 g/mol. The molecule has 29 heavy (non-hydrogen) atoms. The Hall–Kier alpha value is -2.60. The number of carbonyl (C=O) groups is 1. The smallest absolute Gasteiger partial charge is 0.321 e. The van der Waals surface area contributed by atoms with Gasteiger partial charge in [-0.05, 0) is 68.1 Å². The molecule has 2 N–H and O–H groups in total. The summed E-state index contributed by atoms with van der Waals surface area (Å²) in [6.07, 6.45) is 4.13. The molecule has 2 aromatic carbocycles. The highest BCUT2D eigenvalue weighted by atomic mass is 19.1. The lowest BCUT2D eigenvalue weighted by Crippen LogP contribution is -2.43. The molecular formula is C23H29FN4O. The van der Waals surface area contributed by atoms with Crippen molar-refractivity contribution in [2.24, 2.45) is 0 Å². The van der Waals surface area contributed by atoms with E-state index in [1.165, 1.54) is 11.8 Å². The van der Waals surface area contributed by atoms with Crippen LogP contribution in [-0.4, -0.2) is 44.8 Å². The van der Waals surface area contributed by atoms with Gasteiger partial charge in [0.2, 0.25) is 0 Å². The summed E-state index contributed by atoms with van der Waals surface area (Å²) < 4.78 is 13.2. The third-order valence-electron chi connectivity index (χ3n) is 5.82. The summed E-state index contributed by atoms with van der Waals surface area (Å²) in [5.41, 5.74) is 3.22. The van der Waals surface area contributed by atoms with Gasteiger partial charge in [0.1, 0.15) is 5.82 Å². The van der Waals surface area contributed by atoms with Gasteiger partial charge in [0.25, 0.3) is 0 Å². The molecule has 0 radical (unpaired) electrons. The van der Waals surface area contributed by atoms with Crippen molar-refractivity contribution < 1.29 is 9.18 Å². The number of benzene rings is 2. The van der Waals surface area contributed by atoms with Crippen molar-refractivity contribution in [2.45, 2.75) is 31.7 Å². The van der Waals surface area contributed by atoms with Crippen LogP contribution in [0, 0.1) is 5.82 Å². The molecule has 2 aliphatic rings. The SMILES string of the molecule is O=C1NCCN1c1cccc(N2CCC(NCCCc3cccc(F)c3)CC2)c1. The Morgan fingerprint density at radius 3 is 2.59 bits per heavy atom. The molecule has 2 aliphatic heterocycles. The van der Waals surface area contributed by atoms with E-state index in [0.717, 1.165) is 63.1 Å². The van der Waals surface area contributed by atoms with Gasteiger partial charge in [0.05, 0.1) is 0 Å². The van der Waals surface area contributed by atoms with Crippen molar-refractivity contribution in [2.75, 3.05) is 42.5 Å². The number of hydrogen-bond donors (Lipinski definition) is 2. The van der Waals surface area contributed by atoms with Crippen LogP contribution in [0.4, 0.5) is 20.6 Å². The summed E-state index contributed by atoms with van der Waals surface area (Å²) in [4.78, 5) is 16.1. The van der Waals surface area contributed by atoms with Crippen LogP contribution in [0.1, 0.15) is 24.8 Å². The topological polar surface area (TPSA) is 47.6 Å². The van der Waals surface area contributed by atoms with Crippen LogP contribution in [0.5, 0.6) is 0 Å². The number of rotatable bonds is 7. The summed E-state index contributed by atoms with van der Waals surface area (Å²) in [6.45, 7) is 4.42. The van der Waals surface area contributed by atoms with Crippen LogP contribution in [0.15, 0.2) is 48.5 Å². The molecule has 0 bridgehead atoms. The molecule has 0 aliphatic carbocycles. The van der Waals surface area contributed by atoms with Crippen LogP contribution in [0.2, 0.25) is 0 Å². The minimum Gasteiger partial charge on any atom is -0.371 e. The third-order valence-corrected chi connectivity index (χ3v) is 5.82. The van der Waals surface area contributed by atoms with E-state index in [2.05, 4.69) is 27.7 Å². The van der Waals surface area contributed by atoms with Gasteiger partial charge in [0.15, 0.2) is 0 Å². The first-order valence-electron chi connectivity index (χ1n) is 10.6. The lowest BCUT2D eigenvalue weighted by atomic mass is 10.0. The summed E-state index contributed by atoms with van der Waals surface area (Å²) in [7, 11) is 0. The second-order valence-electron chi connectivity index (χ2n) is 7.85. The lowest BCUT2D eigenvalue weighted by Gasteiger charge is -2.34. The molecule has 0 atom stereocenters. The van der Waals surface area contributed by atoms with Crippen LogP contribution in [0.3, 0.4) is 0 Å². The fraction of sp³-hybridized carbons (Fsp3) is 0.435. The minimum absolute atomic E-state index is 0.0108. The van der Waals surface area contributed by atoms with Gasteiger partial charge >= 0.3 is 6.03 Å². The predicted octanol–water partition coefficient (Wildman–Crippen LogP) is 3.55. The van der Waals surface area contributed by atoms with Gasteiger partial charge < -0.3 is 15.5 Å². The zero-order valence-corrected chi connectivity index (χ0v) is 16.7. The quantitative estimate of drug-likeness (QED) is 0.704. The van der Waals surface area contributed by atoms with Crippen LogP contribution >= 0.6 is 0 Å². The summed E-state index contributed by atoms with van der Waals surface area (Å²) in [6, 6.07) is 15.7. The van der Waals surface area contributed by atoms with Crippen LogP contribution < -0.4 is 20.4 Å². The van der Waals surface area contributed by atoms with Gasteiger partial charge in [-0.3, -0.25) is 4.90 Å². The Kier molecular flexibility index (Phi) is 6.30. The fourth-order valence-electron chi connectivity index (χ4n) is 4.21. The molecule has 154 valence electrons. The molecule has 0 saturated carbocycles. The molecule has 2 fully saturated rings. The molecule has 2 aromatic rings. The zero-order valence-electron chi connectivity index (χ0n) is 16.7. The summed E-state index contributed by atoms with van der Waals surface area (Å²) in [5, 5.41) is 6.52. The number of anilines is 2. The van der Waals surface area contributed by atoms with E-state index in [0.29, 0.717) is 12.6 Å². The summed E-state index contributed by atoms with van der Waals surface area (Å²) in [5.74, 6) is -0.155. The van der Waals surface area contributed by atoms with E-state index in [9.17, 15) is 9.18 Å². The number of hydrogen-bond acceptors (Lipinski definition) is 3. The maximum Gasteiger partial charge on any atom is 0.321 e. The van der Waals surface area contributed by atoms with Crippen molar-refractivity contribution in [1.82, 2.24) is 10.6 Å². The standard InChI is InChI=1S/C23H29FN4O/c24-19-6-1-4-18(16-19)5-3-11-25-20-9-13-27(14-10-20)21-7-2-8-22(17-21)28-15-12-26-23(28)29/h1-2,4,6-8,16-17,20,25H,3,5,9-15H2,(H,26,29). The van der Waals surface area contributed by atoms with E-state index in [1.54, 1.807) is 17.0 Å². The van der Waals surface area contributed by atoms with Crippen molar-refractivity contribution in [3.8, 4) is 0 Å². The Labute approximate surface area is 171 Å². The molecule has 2 amide bonds. The molecule has 0 spiro atoms. The molecule has 5 nitrogen and oxygen atoms in total. The van der Waals surface area contributed by atoms with Crippen molar-refractivity contribution in [3.63, 3.8) is 0 Å². The first-order chi connectivity index (χ1) is 14.2. The van der Waals surface area contributed by atoms with Crippen molar-refractivity contribution >= 4 is 17.4 Å². The maximum atomic E-state index is 13.2. The lowest BCUT2D eigenvalue weighted by molar-refractivity contribution is 0.252. The molecular weight excluding hydrogens is 367 g/mol. The Balaban J connectivity index is 1.22. The zero-order chi connectivity index (χ0) is 20.1. The van der Waals surface area contributed by atoms with Crippen LogP contribution in [0.25, 0.3) is 0 Å². The van der Waals surface area contributed by atoms with E-state index in [4.69, 9.17) is 0 Å². The van der Waals surface area contributed by atoms with Gasteiger partial charge in [-0.25, -0.2) is 9.18 Å². The second-order valence-corrected chi connectivity index (χ2v) is 7.85. The number of urea groups is 1. The fourth-order valence-corrected chi connectivity index (χ4v) is 4.21. The molecule has 0 aromatic heterocycles. The maximum absolute atomic E-state index is 13.2. The third kappa shape index (κ3) is 5.07. The number of aryl methyl sites for hydroxylation is 1. The van der Waals surface area contributed by atoms with E-state index in [-0.39, 0.29) is 11.8 Å². The highest BCUT2D eigenvalue weighted by molar-refractivity contribution is 5.94. The highest BCUT2D eigenvalue weighted by Crippen LogP contribution is 2.26. The van der Waals surface area contributed by atoms with E-state index >= 15 is 0 Å². The number of nitrogens with one attached hydrogen (secondary N) is 2. The monoisotopic (exact) mass is 396 g/mol. The molecule has 6 heteroatoms. The van der Waals surface area contributed by atoms with E-state index in [1.807, 2.05) is 18.2 Å². The van der Waals surface area contributed by atoms with Gasteiger partial charge in [-0.2, -0.15) is 0 Å². The second kappa shape index (κ2) is 9.27. The van der Waals surface area contributed by atoms with Crippen molar-refractivity contribution in [3.05, 3.63) is 59.9 Å². The minimum atomic E-state index is -0.155.